The molecule has 1 aromatic rings. The van der Waals surface area contributed by atoms with Gasteiger partial charge in [-0.3, -0.25) is 0 Å². The first kappa shape index (κ1) is 11.8. The van der Waals surface area contributed by atoms with Crippen molar-refractivity contribution in [1.29, 1.82) is 0 Å². The van der Waals surface area contributed by atoms with Crippen molar-refractivity contribution in [3.63, 3.8) is 0 Å². The Labute approximate surface area is 94.0 Å². The molecule has 2 atom stereocenters. The van der Waals surface area contributed by atoms with Crippen molar-refractivity contribution < 1.29 is 4.74 Å². The lowest BCUT2D eigenvalue weighted by Gasteiger charge is -2.19. The van der Waals surface area contributed by atoms with E-state index in [1.165, 1.54) is 0 Å². The summed E-state index contributed by atoms with van der Waals surface area (Å²) in [7, 11) is 1.62. The second-order valence-corrected chi connectivity index (χ2v) is 4.00. The molecule has 2 unspecified atom stereocenters. The van der Waals surface area contributed by atoms with Crippen molar-refractivity contribution in [1.82, 2.24) is 0 Å². The second kappa shape index (κ2) is 4.99. The number of halogens is 2. The molecule has 0 radical (unpaired) electrons. The minimum absolute atomic E-state index is 0.0859. The van der Waals surface area contributed by atoms with Gasteiger partial charge in [0.05, 0.1) is 16.1 Å². The summed E-state index contributed by atoms with van der Waals surface area (Å²) < 4.78 is 5.27. The van der Waals surface area contributed by atoms with Crippen LogP contribution >= 0.6 is 23.2 Å². The minimum Gasteiger partial charge on any atom is -0.375 e. The van der Waals surface area contributed by atoms with Gasteiger partial charge in [0.15, 0.2) is 0 Å². The van der Waals surface area contributed by atoms with E-state index in [0.717, 1.165) is 5.56 Å². The Morgan fingerprint density at radius 3 is 2.36 bits per heavy atom. The highest BCUT2D eigenvalue weighted by atomic mass is 35.5. The topological polar surface area (TPSA) is 35.2 Å². The van der Waals surface area contributed by atoms with Crippen LogP contribution in [-0.2, 0) is 4.74 Å². The van der Waals surface area contributed by atoms with Crippen LogP contribution in [0.3, 0.4) is 0 Å². The molecule has 0 aromatic heterocycles. The van der Waals surface area contributed by atoms with Crippen LogP contribution < -0.4 is 5.73 Å². The Hall–Kier alpha value is -0.280. The summed E-state index contributed by atoms with van der Waals surface area (Å²) in [4.78, 5) is 0. The monoisotopic (exact) mass is 233 g/mol. The van der Waals surface area contributed by atoms with E-state index in [9.17, 15) is 0 Å². The molecule has 0 saturated carbocycles. The summed E-state index contributed by atoms with van der Waals surface area (Å²) in [5, 5.41) is 1.06. The van der Waals surface area contributed by atoms with E-state index in [1.807, 2.05) is 13.0 Å². The van der Waals surface area contributed by atoms with Crippen LogP contribution in [-0.4, -0.2) is 13.2 Å². The minimum atomic E-state index is -0.148. The van der Waals surface area contributed by atoms with Gasteiger partial charge < -0.3 is 10.5 Å². The van der Waals surface area contributed by atoms with E-state index < -0.39 is 0 Å². The summed E-state index contributed by atoms with van der Waals surface area (Å²) in [6.45, 7) is 1.89. The van der Waals surface area contributed by atoms with Crippen molar-refractivity contribution in [2.24, 2.45) is 5.73 Å². The van der Waals surface area contributed by atoms with Gasteiger partial charge in [0.2, 0.25) is 0 Å². The summed E-state index contributed by atoms with van der Waals surface area (Å²) in [5.74, 6) is 0. The molecule has 4 heteroatoms. The van der Waals surface area contributed by atoms with Crippen molar-refractivity contribution in [2.45, 2.75) is 19.1 Å². The molecule has 0 spiro atoms. The van der Waals surface area contributed by atoms with Gasteiger partial charge in [0.25, 0.3) is 0 Å². The SMILES string of the molecule is COC(c1ccc(Cl)c(Cl)c1)C(C)N. The number of benzene rings is 1. The lowest BCUT2D eigenvalue weighted by molar-refractivity contribution is 0.0854. The number of ether oxygens (including phenoxy) is 1. The Morgan fingerprint density at radius 2 is 1.93 bits per heavy atom. The quantitative estimate of drug-likeness (QED) is 0.872. The fraction of sp³-hybridized carbons (Fsp3) is 0.400. The maximum Gasteiger partial charge on any atom is 0.0969 e. The Morgan fingerprint density at radius 1 is 1.29 bits per heavy atom. The molecule has 0 fully saturated rings. The van der Waals surface area contributed by atoms with E-state index in [-0.39, 0.29) is 12.1 Å². The Bertz CT molecular complexity index is 315. The summed E-state index contributed by atoms with van der Waals surface area (Å²) >= 11 is 11.7. The van der Waals surface area contributed by atoms with Crippen LogP contribution in [0.25, 0.3) is 0 Å². The first-order valence-electron chi connectivity index (χ1n) is 4.29. The molecule has 0 aliphatic carbocycles. The van der Waals surface area contributed by atoms with E-state index in [2.05, 4.69) is 0 Å². The molecule has 0 aliphatic heterocycles. The number of methoxy groups -OCH3 is 1. The van der Waals surface area contributed by atoms with Gasteiger partial charge in [-0.1, -0.05) is 29.3 Å². The van der Waals surface area contributed by atoms with Gasteiger partial charge in [0, 0.05) is 13.2 Å². The third-order valence-corrected chi connectivity index (χ3v) is 2.74. The van der Waals surface area contributed by atoms with Gasteiger partial charge in [0.1, 0.15) is 0 Å². The zero-order valence-electron chi connectivity index (χ0n) is 8.13. The Kier molecular flexibility index (Phi) is 4.20. The van der Waals surface area contributed by atoms with E-state index in [0.29, 0.717) is 10.0 Å². The fourth-order valence-electron chi connectivity index (χ4n) is 1.34. The standard InChI is InChI=1S/C10H13Cl2NO/c1-6(13)10(14-2)7-3-4-8(11)9(12)5-7/h3-6,10H,13H2,1-2H3. The molecule has 2 nitrogen and oxygen atoms in total. The first-order valence-corrected chi connectivity index (χ1v) is 5.05. The predicted molar refractivity (Wildman–Crippen MR) is 59.9 cm³/mol. The van der Waals surface area contributed by atoms with Crippen LogP contribution in [0.4, 0.5) is 0 Å². The number of rotatable bonds is 3. The van der Waals surface area contributed by atoms with Crippen LogP contribution in [0.2, 0.25) is 10.0 Å². The average Bonchev–Trinajstić information content (AvgIpc) is 2.11. The molecular formula is C10H13Cl2NO. The van der Waals surface area contributed by atoms with Crippen LogP contribution in [0, 0.1) is 0 Å². The molecular weight excluding hydrogens is 221 g/mol. The molecule has 14 heavy (non-hydrogen) atoms. The van der Waals surface area contributed by atoms with E-state index >= 15 is 0 Å². The highest BCUT2D eigenvalue weighted by Crippen LogP contribution is 2.27. The smallest absolute Gasteiger partial charge is 0.0969 e. The van der Waals surface area contributed by atoms with Crippen LogP contribution in [0.5, 0.6) is 0 Å². The van der Waals surface area contributed by atoms with Crippen molar-refractivity contribution in [2.75, 3.05) is 7.11 Å². The third-order valence-electron chi connectivity index (χ3n) is 2.00. The third kappa shape index (κ3) is 2.61. The summed E-state index contributed by atoms with van der Waals surface area (Å²) in [6, 6.07) is 5.30. The van der Waals surface area contributed by atoms with Crippen molar-refractivity contribution in [3.8, 4) is 0 Å². The Balaban J connectivity index is 3.00. The van der Waals surface area contributed by atoms with Crippen molar-refractivity contribution in [3.05, 3.63) is 33.8 Å². The van der Waals surface area contributed by atoms with Crippen LogP contribution in [0.15, 0.2) is 18.2 Å². The lowest BCUT2D eigenvalue weighted by Crippen LogP contribution is -2.26. The summed E-state index contributed by atoms with van der Waals surface area (Å²) in [6.07, 6.45) is -0.148. The molecule has 78 valence electrons. The average molecular weight is 234 g/mol. The fourth-order valence-corrected chi connectivity index (χ4v) is 1.65. The van der Waals surface area contributed by atoms with E-state index in [1.54, 1.807) is 19.2 Å². The number of hydrogen-bond donors (Lipinski definition) is 1. The van der Waals surface area contributed by atoms with Gasteiger partial charge >= 0.3 is 0 Å². The van der Waals surface area contributed by atoms with Crippen molar-refractivity contribution >= 4 is 23.2 Å². The molecule has 0 heterocycles. The highest BCUT2D eigenvalue weighted by molar-refractivity contribution is 6.42. The predicted octanol–water partition coefficient (Wildman–Crippen LogP) is 3.03. The zero-order chi connectivity index (χ0) is 10.7. The first-order chi connectivity index (χ1) is 6.56. The normalized spacial score (nSPS) is 15.2. The summed E-state index contributed by atoms with van der Waals surface area (Å²) in [5.41, 5.74) is 6.71. The lowest BCUT2D eigenvalue weighted by atomic mass is 10.0. The molecule has 1 aromatic carbocycles. The van der Waals surface area contributed by atoms with Gasteiger partial charge in [-0.05, 0) is 24.6 Å². The highest BCUT2D eigenvalue weighted by Gasteiger charge is 2.15. The molecule has 0 bridgehead atoms. The molecule has 2 N–H and O–H groups in total. The largest absolute Gasteiger partial charge is 0.375 e. The van der Waals surface area contributed by atoms with Gasteiger partial charge in [-0.2, -0.15) is 0 Å². The molecule has 0 amide bonds. The number of hydrogen-bond acceptors (Lipinski definition) is 2. The van der Waals surface area contributed by atoms with Crippen LogP contribution in [0.1, 0.15) is 18.6 Å². The molecule has 0 saturated heterocycles. The van der Waals surface area contributed by atoms with E-state index in [4.69, 9.17) is 33.7 Å². The van der Waals surface area contributed by atoms with Gasteiger partial charge in [-0.25, -0.2) is 0 Å². The molecule has 0 aliphatic rings. The zero-order valence-corrected chi connectivity index (χ0v) is 9.64. The maximum atomic E-state index is 5.89. The molecule has 1 rings (SSSR count). The number of nitrogens with two attached hydrogens (primary N) is 1. The maximum absolute atomic E-state index is 5.89. The van der Waals surface area contributed by atoms with Gasteiger partial charge in [-0.15, -0.1) is 0 Å². The second-order valence-electron chi connectivity index (χ2n) is 3.19.